The fourth-order valence-corrected chi connectivity index (χ4v) is 2.15. The van der Waals surface area contributed by atoms with Gasteiger partial charge < -0.3 is 14.9 Å². The molecule has 1 unspecified atom stereocenters. The van der Waals surface area contributed by atoms with Gasteiger partial charge in [-0.1, -0.05) is 56.2 Å². The minimum absolute atomic E-state index is 0.125. The molecule has 7 heteroatoms. The number of hydrogen-bond acceptors (Lipinski definition) is 5. The summed E-state index contributed by atoms with van der Waals surface area (Å²) in [5.41, 5.74) is 3.34. The molecule has 1 heterocycles. The summed E-state index contributed by atoms with van der Waals surface area (Å²) in [5.74, 6) is -0.850. The number of amides is 2. The predicted octanol–water partition coefficient (Wildman–Crippen LogP) is 5.46. The van der Waals surface area contributed by atoms with Crippen LogP contribution in [0.2, 0.25) is 0 Å². The smallest absolute Gasteiger partial charge is 0.258 e. The van der Waals surface area contributed by atoms with E-state index in [1.165, 1.54) is 5.01 Å². The van der Waals surface area contributed by atoms with Crippen molar-refractivity contribution in [1.82, 2.24) is 5.43 Å². The van der Waals surface area contributed by atoms with Gasteiger partial charge in [-0.15, -0.1) is 19.7 Å². The number of ether oxygens (including phenoxy) is 1. The van der Waals surface area contributed by atoms with Gasteiger partial charge in [0.15, 0.2) is 0 Å². The molecule has 0 saturated carbocycles. The minimum Gasteiger partial charge on any atom is -0.394 e. The zero-order valence-electron chi connectivity index (χ0n) is 22.8. The number of rotatable bonds is 7. The van der Waals surface area contributed by atoms with E-state index in [-0.39, 0.29) is 25.0 Å². The molecule has 7 nitrogen and oxygen atoms in total. The summed E-state index contributed by atoms with van der Waals surface area (Å²) < 4.78 is 4.83. The standard InChI is InChI=1S/C13H16N2O2.C4H10O.3C3H6.C2H6O2/c1-2-3-9-11-12(16)14-15(13(11)17)10-7-5-4-6-8-10;1-3-5-4-2;3*1-3-2;3-1-2-4/h4-8,11H,2-3,9H2,1H3,(H,14,16);3-4H2,1-2H3;3*3H,1H2,2H3;3-4H,1-2H2. The second-order valence-corrected chi connectivity index (χ2v) is 6.63. The molecule has 2 rings (SSSR count). The monoisotopic (exact) mass is 494 g/mol. The Morgan fingerprint density at radius 3 is 1.66 bits per heavy atom. The van der Waals surface area contributed by atoms with Gasteiger partial charge in [0, 0.05) is 13.2 Å². The molecule has 1 aromatic rings. The Morgan fingerprint density at radius 2 is 1.34 bits per heavy atom. The van der Waals surface area contributed by atoms with E-state index in [0.29, 0.717) is 12.1 Å². The van der Waals surface area contributed by atoms with E-state index in [9.17, 15) is 9.59 Å². The second-order valence-electron chi connectivity index (χ2n) is 6.63. The van der Waals surface area contributed by atoms with Crippen molar-refractivity contribution in [3.05, 3.63) is 68.3 Å². The lowest BCUT2D eigenvalue weighted by Crippen LogP contribution is -2.35. The first-order valence-electron chi connectivity index (χ1n) is 12.0. The van der Waals surface area contributed by atoms with Crippen molar-refractivity contribution >= 4 is 17.5 Å². The third-order valence-corrected chi connectivity index (χ3v) is 3.43. The summed E-state index contributed by atoms with van der Waals surface area (Å²) in [5, 5.41) is 16.6. The minimum atomic E-state index is -0.518. The van der Waals surface area contributed by atoms with Crippen LogP contribution < -0.4 is 10.4 Å². The largest absolute Gasteiger partial charge is 0.394 e. The van der Waals surface area contributed by atoms with Crippen LogP contribution in [0.4, 0.5) is 5.69 Å². The van der Waals surface area contributed by atoms with Gasteiger partial charge in [-0.2, -0.15) is 0 Å². The molecule has 202 valence electrons. The van der Waals surface area contributed by atoms with Gasteiger partial charge in [0.25, 0.3) is 11.8 Å². The Kier molecular flexibility index (Phi) is 37.7. The number of unbranched alkanes of at least 4 members (excludes halogenated alkanes) is 1. The predicted molar refractivity (Wildman–Crippen MR) is 149 cm³/mol. The van der Waals surface area contributed by atoms with Gasteiger partial charge in [-0.3, -0.25) is 15.0 Å². The Hall–Kier alpha value is -2.74. The molecule has 1 fully saturated rings. The molecule has 0 bridgehead atoms. The molecule has 1 atom stereocenters. The first-order chi connectivity index (χ1) is 16.8. The lowest BCUT2D eigenvalue weighted by atomic mass is 10.0. The molecule has 1 aliphatic heterocycles. The summed E-state index contributed by atoms with van der Waals surface area (Å²) in [6, 6.07) is 9.17. The van der Waals surface area contributed by atoms with Crippen molar-refractivity contribution < 1.29 is 24.5 Å². The highest BCUT2D eigenvalue weighted by molar-refractivity contribution is 6.14. The summed E-state index contributed by atoms with van der Waals surface area (Å²) in [7, 11) is 0. The molecule has 3 N–H and O–H groups in total. The third kappa shape index (κ3) is 25.7. The zero-order valence-corrected chi connectivity index (χ0v) is 22.8. The van der Waals surface area contributed by atoms with Gasteiger partial charge >= 0.3 is 0 Å². The molecule has 1 aliphatic rings. The maximum Gasteiger partial charge on any atom is 0.258 e. The van der Waals surface area contributed by atoms with Gasteiger partial charge in [0.05, 0.1) is 18.9 Å². The highest BCUT2D eigenvalue weighted by atomic mass is 16.5. The van der Waals surface area contributed by atoms with E-state index in [0.717, 1.165) is 26.1 Å². The number of hydrazine groups is 1. The molecule has 2 amide bonds. The van der Waals surface area contributed by atoms with Crippen LogP contribution in [0.15, 0.2) is 68.3 Å². The normalized spacial score (nSPS) is 12.7. The van der Waals surface area contributed by atoms with E-state index in [2.05, 4.69) is 25.2 Å². The van der Waals surface area contributed by atoms with E-state index >= 15 is 0 Å². The van der Waals surface area contributed by atoms with E-state index in [1.54, 1.807) is 30.4 Å². The number of aliphatic hydroxyl groups excluding tert-OH is 2. The van der Waals surface area contributed by atoms with Crippen molar-refractivity contribution in [2.45, 2.75) is 60.8 Å². The lowest BCUT2D eigenvalue weighted by molar-refractivity contribution is -0.127. The van der Waals surface area contributed by atoms with E-state index in [1.807, 2.05) is 59.7 Å². The molecule has 1 saturated heterocycles. The number of carbonyl (C=O) groups is 2. The van der Waals surface area contributed by atoms with Crippen molar-refractivity contribution in [2.24, 2.45) is 5.92 Å². The highest BCUT2D eigenvalue weighted by Crippen LogP contribution is 2.22. The fraction of sp³-hybridized carbons (Fsp3) is 0.500. The number of nitrogens with one attached hydrogen (secondary N) is 1. The summed E-state index contributed by atoms with van der Waals surface area (Å²) in [4.78, 5) is 23.8. The SMILES string of the molecule is C=CC.C=CC.C=CC.CCCCC1C(=O)NN(c2ccccc2)C1=O.CCOCC.OCCO. The lowest BCUT2D eigenvalue weighted by Gasteiger charge is -2.14. The molecule has 35 heavy (non-hydrogen) atoms. The van der Waals surface area contributed by atoms with Crippen molar-refractivity contribution in [1.29, 1.82) is 0 Å². The first-order valence-corrected chi connectivity index (χ1v) is 12.0. The van der Waals surface area contributed by atoms with E-state index in [4.69, 9.17) is 14.9 Å². The number of benzene rings is 1. The number of carbonyl (C=O) groups excluding carboxylic acids is 2. The van der Waals surface area contributed by atoms with Crippen LogP contribution in [0.25, 0.3) is 0 Å². The Morgan fingerprint density at radius 1 is 0.914 bits per heavy atom. The van der Waals surface area contributed by atoms with E-state index < -0.39 is 5.92 Å². The third-order valence-electron chi connectivity index (χ3n) is 3.43. The maximum atomic E-state index is 12.1. The Bertz CT molecular complexity index is 603. The van der Waals surface area contributed by atoms with Gasteiger partial charge in [-0.05, 0) is 53.2 Å². The average molecular weight is 495 g/mol. The number of allylic oxidation sites excluding steroid dienone is 3. The van der Waals surface area contributed by atoms with Crippen LogP contribution in [0.3, 0.4) is 0 Å². The van der Waals surface area contributed by atoms with Gasteiger partial charge in [0.1, 0.15) is 5.92 Å². The second kappa shape index (κ2) is 33.4. The van der Waals surface area contributed by atoms with Crippen molar-refractivity contribution in [2.75, 3.05) is 31.4 Å². The summed E-state index contributed by atoms with van der Waals surface area (Å²) in [6.07, 6.45) is 7.76. The fourth-order valence-electron chi connectivity index (χ4n) is 2.15. The van der Waals surface area contributed by atoms with Crippen molar-refractivity contribution in [3.63, 3.8) is 0 Å². The Balaban J connectivity index is -0.000000220. The first kappa shape index (κ1) is 39.5. The molecule has 0 aromatic heterocycles. The molecular formula is C28H50N2O5. The van der Waals surface area contributed by atoms with Crippen LogP contribution in [-0.2, 0) is 14.3 Å². The molecule has 0 aliphatic carbocycles. The highest BCUT2D eigenvalue weighted by Gasteiger charge is 2.39. The van der Waals surface area contributed by atoms with Crippen LogP contribution in [0.5, 0.6) is 0 Å². The quantitative estimate of drug-likeness (QED) is 0.345. The molecule has 0 spiro atoms. The Labute approximate surface area is 214 Å². The number of hydrogen-bond donors (Lipinski definition) is 3. The zero-order chi connectivity index (χ0) is 27.9. The van der Waals surface area contributed by atoms with Crippen molar-refractivity contribution in [3.8, 4) is 0 Å². The maximum absolute atomic E-state index is 12.1. The average Bonchev–Trinajstić information content (AvgIpc) is 3.14. The van der Waals surface area contributed by atoms with Crippen LogP contribution in [0.1, 0.15) is 60.8 Å². The van der Waals surface area contributed by atoms with Crippen LogP contribution >= 0.6 is 0 Å². The van der Waals surface area contributed by atoms with Gasteiger partial charge in [-0.25, -0.2) is 5.01 Å². The number of para-hydroxylation sites is 1. The number of aliphatic hydroxyl groups is 2. The molecule has 0 radical (unpaired) electrons. The topological polar surface area (TPSA) is 99.1 Å². The van der Waals surface area contributed by atoms with Crippen LogP contribution in [0, 0.1) is 5.92 Å². The van der Waals surface area contributed by atoms with Gasteiger partial charge in [0.2, 0.25) is 0 Å². The number of nitrogens with zero attached hydrogens (tertiary/aromatic N) is 1. The van der Waals surface area contributed by atoms with Crippen LogP contribution in [-0.4, -0.2) is 48.5 Å². The number of anilines is 1. The molecular weight excluding hydrogens is 444 g/mol. The molecule has 1 aromatic carbocycles. The summed E-state index contributed by atoms with van der Waals surface area (Å²) >= 11 is 0. The summed E-state index contributed by atoms with van der Waals surface area (Å²) in [6.45, 7) is 23.2.